The number of piperidine rings is 1. The average Bonchev–Trinajstić information content (AvgIpc) is 3.43. The summed E-state index contributed by atoms with van der Waals surface area (Å²) in [6, 6.07) is 1.57. The SMILES string of the molecule is O=C(c1sccc1S(=O)(=O)N1CCCC1)N1CCC(C2OCCO2)CC1. The highest BCUT2D eigenvalue weighted by atomic mass is 32.2. The number of carbonyl (C=O) groups is 1. The summed E-state index contributed by atoms with van der Waals surface area (Å²) in [6.45, 7) is 3.56. The molecule has 9 heteroatoms. The molecule has 1 amide bonds. The van der Waals surface area contributed by atoms with Crippen molar-refractivity contribution >= 4 is 27.3 Å². The number of ether oxygens (including phenoxy) is 2. The Morgan fingerprint density at radius 3 is 2.38 bits per heavy atom. The van der Waals surface area contributed by atoms with Gasteiger partial charge < -0.3 is 14.4 Å². The van der Waals surface area contributed by atoms with Gasteiger partial charge in [-0.15, -0.1) is 11.3 Å². The fourth-order valence-electron chi connectivity index (χ4n) is 3.89. The van der Waals surface area contributed by atoms with Crippen molar-refractivity contribution < 1.29 is 22.7 Å². The average molecular weight is 401 g/mol. The Balaban J connectivity index is 1.45. The summed E-state index contributed by atoms with van der Waals surface area (Å²) >= 11 is 1.22. The zero-order chi connectivity index (χ0) is 18.1. The van der Waals surface area contributed by atoms with Crippen LogP contribution in [0.1, 0.15) is 35.4 Å². The van der Waals surface area contributed by atoms with E-state index in [1.165, 1.54) is 15.6 Å². The normalized spacial score (nSPS) is 23.8. The molecule has 0 radical (unpaired) electrons. The maximum atomic E-state index is 13.0. The molecule has 0 saturated carbocycles. The quantitative estimate of drug-likeness (QED) is 0.770. The van der Waals surface area contributed by atoms with Crippen molar-refractivity contribution in [3.8, 4) is 0 Å². The van der Waals surface area contributed by atoms with Gasteiger partial charge in [0.15, 0.2) is 6.29 Å². The number of thiophene rings is 1. The molecule has 0 N–H and O–H groups in total. The molecule has 4 rings (SSSR count). The van der Waals surface area contributed by atoms with E-state index in [2.05, 4.69) is 0 Å². The Morgan fingerprint density at radius 2 is 1.73 bits per heavy atom. The van der Waals surface area contributed by atoms with Gasteiger partial charge in [0.05, 0.1) is 13.2 Å². The molecule has 0 spiro atoms. The molecule has 3 saturated heterocycles. The van der Waals surface area contributed by atoms with Crippen LogP contribution in [-0.4, -0.2) is 69.2 Å². The standard InChI is InChI=1S/C17H24N2O5S2/c20-16(18-8-3-13(4-9-18)17-23-10-11-24-17)15-14(5-12-25-15)26(21,22)19-6-1-2-7-19/h5,12-13,17H,1-4,6-11H2. The Labute approximate surface area is 157 Å². The van der Waals surface area contributed by atoms with Crippen LogP contribution in [-0.2, 0) is 19.5 Å². The summed E-state index contributed by atoms with van der Waals surface area (Å²) in [6.07, 6.45) is 3.24. The predicted molar refractivity (Wildman–Crippen MR) is 96.6 cm³/mol. The molecule has 0 atom stereocenters. The van der Waals surface area contributed by atoms with Gasteiger partial charge >= 0.3 is 0 Å². The molecule has 0 aliphatic carbocycles. The van der Waals surface area contributed by atoms with Crippen molar-refractivity contribution in [1.82, 2.24) is 9.21 Å². The summed E-state index contributed by atoms with van der Waals surface area (Å²) in [5.41, 5.74) is 0. The maximum absolute atomic E-state index is 13.0. The molecular weight excluding hydrogens is 376 g/mol. The van der Waals surface area contributed by atoms with Gasteiger partial charge in [-0.25, -0.2) is 8.42 Å². The van der Waals surface area contributed by atoms with E-state index in [1.807, 2.05) is 0 Å². The summed E-state index contributed by atoms with van der Waals surface area (Å²) < 4.78 is 38.4. The zero-order valence-electron chi connectivity index (χ0n) is 14.6. The molecule has 3 fully saturated rings. The second kappa shape index (κ2) is 7.55. The van der Waals surface area contributed by atoms with Crippen LogP contribution in [0.25, 0.3) is 0 Å². The minimum absolute atomic E-state index is 0.153. The van der Waals surface area contributed by atoms with Crippen LogP contribution in [0.2, 0.25) is 0 Å². The van der Waals surface area contributed by atoms with Gasteiger partial charge in [0.25, 0.3) is 5.91 Å². The smallest absolute Gasteiger partial charge is 0.265 e. The van der Waals surface area contributed by atoms with Crippen LogP contribution in [0.4, 0.5) is 0 Å². The largest absolute Gasteiger partial charge is 0.350 e. The van der Waals surface area contributed by atoms with Crippen LogP contribution in [0, 0.1) is 5.92 Å². The number of rotatable bonds is 4. The highest BCUT2D eigenvalue weighted by molar-refractivity contribution is 7.89. The Morgan fingerprint density at radius 1 is 1.08 bits per heavy atom. The van der Waals surface area contributed by atoms with Crippen molar-refractivity contribution in [3.05, 3.63) is 16.3 Å². The van der Waals surface area contributed by atoms with Crippen LogP contribution in [0.5, 0.6) is 0 Å². The first-order valence-electron chi connectivity index (χ1n) is 9.17. The van der Waals surface area contributed by atoms with Gasteiger partial charge in [0.2, 0.25) is 10.0 Å². The topological polar surface area (TPSA) is 76.2 Å². The minimum atomic E-state index is -3.58. The minimum Gasteiger partial charge on any atom is -0.350 e. The number of carbonyl (C=O) groups excluding carboxylic acids is 1. The van der Waals surface area contributed by atoms with E-state index < -0.39 is 10.0 Å². The molecule has 144 valence electrons. The van der Waals surface area contributed by atoms with E-state index in [9.17, 15) is 13.2 Å². The highest BCUT2D eigenvalue weighted by Gasteiger charge is 2.36. The van der Waals surface area contributed by atoms with Crippen LogP contribution >= 0.6 is 11.3 Å². The van der Waals surface area contributed by atoms with Crippen molar-refractivity contribution in [1.29, 1.82) is 0 Å². The highest BCUT2D eigenvalue weighted by Crippen LogP contribution is 2.31. The lowest BCUT2D eigenvalue weighted by Gasteiger charge is -2.33. The van der Waals surface area contributed by atoms with E-state index in [1.54, 1.807) is 16.3 Å². The van der Waals surface area contributed by atoms with Crippen molar-refractivity contribution in [2.75, 3.05) is 39.4 Å². The number of sulfonamides is 1. The lowest BCUT2D eigenvalue weighted by molar-refractivity contribution is -0.0956. The molecule has 3 aliphatic rings. The molecule has 3 aliphatic heterocycles. The van der Waals surface area contributed by atoms with Crippen LogP contribution in [0.15, 0.2) is 16.3 Å². The van der Waals surface area contributed by atoms with Crippen molar-refractivity contribution in [2.24, 2.45) is 5.92 Å². The molecule has 4 heterocycles. The monoisotopic (exact) mass is 400 g/mol. The molecule has 0 aromatic carbocycles. The third-order valence-electron chi connectivity index (χ3n) is 5.37. The second-order valence-corrected chi connectivity index (χ2v) is 9.79. The number of nitrogens with zero attached hydrogens (tertiary/aromatic N) is 2. The summed E-state index contributed by atoms with van der Waals surface area (Å²) in [5.74, 6) is 0.127. The van der Waals surface area contributed by atoms with Crippen molar-refractivity contribution in [3.63, 3.8) is 0 Å². The lowest BCUT2D eigenvalue weighted by atomic mass is 9.96. The number of amides is 1. The van der Waals surface area contributed by atoms with Crippen molar-refractivity contribution in [2.45, 2.75) is 36.9 Å². The summed E-state index contributed by atoms with van der Waals surface area (Å²) in [5, 5.41) is 1.70. The van der Waals surface area contributed by atoms with Crippen LogP contribution in [0.3, 0.4) is 0 Å². The molecular formula is C17H24N2O5S2. The number of hydrogen-bond acceptors (Lipinski definition) is 6. The number of likely N-dealkylation sites (tertiary alicyclic amines) is 1. The lowest BCUT2D eigenvalue weighted by Crippen LogP contribution is -2.41. The predicted octanol–water partition coefficient (Wildman–Crippen LogP) is 1.76. The second-order valence-electron chi connectivity index (χ2n) is 6.96. The molecule has 7 nitrogen and oxygen atoms in total. The van der Waals surface area contributed by atoms with E-state index in [-0.39, 0.29) is 17.1 Å². The summed E-state index contributed by atoms with van der Waals surface area (Å²) in [7, 11) is -3.58. The Kier molecular flexibility index (Phi) is 5.34. The van der Waals surface area contributed by atoms with E-state index in [0.29, 0.717) is 50.2 Å². The molecule has 0 unspecified atom stereocenters. The first-order valence-corrected chi connectivity index (χ1v) is 11.5. The van der Waals surface area contributed by atoms with E-state index in [4.69, 9.17) is 9.47 Å². The third-order valence-corrected chi connectivity index (χ3v) is 8.34. The Bertz CT molecular complexity index is 743. The molecule has 1 aromatic heterocycles. The number of hydrogen-bond donors (Lipinski definition) is 0. The molecule has 26 heavy (non-hydrogen) atoms. The zero-order valence-corrected chi connectivity index (χ0v) is 16.3. The Hall–Kier alpha value is -1.00. The van der Waals surface area contributed by atoms with Crippen LogP contribution < -0.4 is 0 Å². The third kappa shape index (κ3) is 3.43. The molecule has 1 aromatic rings. The maximum Gasteiger partial charge on any atom is 0.265 e. The first kappa shape index (κ1) is 18.4. The van der Waals surface area contributed by atoms with E-state index >= 15 is 0 Å². The van der Waals surface area contributed by atoms with Gasteiger partial charge in [0.1, 0.15) is 9.77 Å². The first-order chi connectivity index (χ1) is 12.6. The molecule has 0 bridgehead atoms. The van der Waals surface area contributed by atoms with Gasteiger partial charge in [-0.05, 0) is 37.1 Å². The fourth-order valence-corrected chi connectivity index (χ4v) is 6.77. The van der Waals surface area contributed by atoms with Gasteiger partial charge in [-0.2, -0.15) is 4.31 Å². The van der Waals surface area contributed by atoms with Gasteiger partial charge in [-0.1, -0.05) is 0 Å². The summed E-state index contributed by atoms with van der Waals surface area (Å²) in [4.78, 5) is 15.2. The van der Waals surface area contributed by atoms with Gasteiger partial charge in [-0.3, -0.25) is 4.79 Å². The fraction of sp³-hybridized carbons (Fsp3) is 0.706. The van der Waals surface area contributed by atoms with E-state index in [0.717, 1.165) is 25.7 Å². The van der Waals surface area contributed by atoms with Gasteiger partial charge in [0, 0.05) is 32.1 Å².